The number of phenolic OH excluding ortho intramolecular Hbond substituents is 1. The fourth-order valence-electron chi connectivity index (χ4n) is 5.64. The van der Waals surface area contributed by atoms with Gasteiger partial charge in [-0.3, -0.25) is 4.90 Å². The van der Waals surface area contributed by atoms with Crippen molar-refractivity contribution in [1.82, 2.24) is 4.90 Å². The molecule has 3 nitrogen and oxygen atoms in total. The number of benzene rings is 3. The molecule has 3 aromatic carbocycles. The van der Waals surface area contributed by atoms with Crippen molar-refractivity contribution in [2.45, 2.75) is 43.9 Å². The largest absolute Gasteiger partial charge is 0.508 e. The molecule has 1 heterocycles. The summed E-state index contributed by atoms with van der Waals surface area (Å²) in [5.41, 5.74) is 5.30. The maximum Gasteiger partial charge on any atom is 0.119 e. The molecule has 1 aliphatic carbocycles. The minimum atomic E-state index is 0.267. The molecular formula is C29H33NO2. The van der Waals surface area contributed by atoms with Crippen molar-refractivity contribution in [1.29, 1.82) is 0 Å². The Kier molecular flexibility index (Phi) is 6.18. The monoisotopic (exact) mass is 427 g/mol. The molecule has 1 aliphatic heterocycles. The summed E-state index contributed by atoms with van der Waals surface area (Å²) in [6.07, 6.45) is 3.70. The molecule has 0 radical (unpaired) electrons. The van der Waals surface area contributed by atoms with Gasteiger partial charge in [0.25, 0.3) is 0 Å². The molecular weight excluding hydrogens is 394 g/mol. The van der Waals surface area contributed by atoms with Crippen molar-refractivity contribution in [3.05, 3.63) is 95.1 Å². The van der Waals surface area contributed by atoms with Crippen LogP contribution in [0.3, 0.4) is 0 Å². The molecule has 3 heteroatoms. The SMILES string of the molecule is C[C@H]1C[C@H](c2ccccc2)[C@H](c2ccc(OCCN3CCCC3)cc2)c2ccc(O)cc21. The summed E-state index contributed by atoms with van der Waals surface area (Å²) >= 11 is 0. The van der Waals surface area contributed by atoms with Gasteiger partial charge in [0.05, 0.1) is 0 Å². The van der Waals surface area contributed by atoms with Gasteiger partial charge in [0, 0.05) is 12.5 Å². The molecule has 0 amide bonds. The molecule has 3 atom stereocenters. The van der Waals surface area contributed by atoms with E-state index in [1.807, 2.05) is 12.1 Å². The van der Waals surface area contributed by atoms with Crippen LogP contribution in [-0.2, 0) is 0 Å². The summed E-state index contributed by atoms with van der Waals surface area (Å²) in [6.45, 7) is 6.45. The van der Waals surface area contributed by atoms with Gasteiger partial charge >= 0.3 is 0 Å². The highest BCUT2D eigenvalue weighted by atomic mass is 16.5. The molecule has 0 aromatic heterocycles. The first kappa shape index (κ1) is 21.1. The smallest absolute Gasteiger partial charge is 0.119 e. The third kappa shape index (κ3) is 4.40. The van der Waals surface area contributed by atoms with Gasteiger partial charge in [-0.05, 0) is 90.7 Å². The Morgan fingerprint density at radius 3 is 2.38 bits per heavy atom. The Morgan fingerprint density at radius 2 is 1.62 bits per heavy atom. The van der Waals surface area contributed by atoms with Crippen LogP contribution < -0.4 is 4.74 Å². The highest BCUT2D eigenvalue weighted by Crippen LogP contribution is 2.51. The Hall–Kier alpha value is -2.78. The Morgan fingerprint density at radius 1 is 0.875 bits per heavy atom. The van der Waals surface area contributed by atoms with E-state index in [1.165, 1.54) is 48.2 Å². The lowest BCUT2D eigenvalue weighted by Crippen LogP contribution is -2.25. The number of rotatable bonds is 6. The van der Waals surface area contributed by atoms with E-state index < -0.39 is 0 Å². The first-order chi connectivity index (χ1) is 15.7. The maximum absolute atomic E-state index is 10.1. The molecule has 2 aliphatic rings. The second-order valence-electron chi connectivity index (χ2n) is 9.41. The molecule has 1 saturated heterocycles. The lowest BCUT2D eigenvalue weighted by molar-refractivity contribution is 0.237. The van der Waals surface area contributed by atoms with Gasteiger partial charge in [0.1, 0.15) is 18.1 Å². The Labute approximate surface area is 191 Å². The van der Waals surface area contributed by atoms with Gasteiger partial charge in [-0.25, -0.2) is 0 Å². The van der Waals surface area contributed by atoms with E-state index in [0.717, 1.165) is 25.3 Å². The second kappa shape index (κ2) is 9.38. The summed E-state index contributed by atoms with van der Waals surface area (Å²) in [7, 11) is 0. The zero-order valence-corrected chi connectivity index (χ0v) is 18.9. The van der Waals surface area contributed by atoms with Crippen LogP contribution in [0.1, 0.15) is 66.2 Å². The van der Waals surface area contributed by atoms with E-state index >= 15 is 0 Å². The second-order valence-corrected chi connectivity index (χ2v) is 9.41. The van der Waals surface area contributed by atoms with Gasteiger partial charge in [-0.1, -0.05) is 55.5 Å². The topological polar surface area (TPSA) is 32.7 Å². The average Bonchev–Trinajstić information content (AvgIpc) is 3.34. The lowest BCUT2D eigenvalue weighted by Gasteiger charge is -2.38. The van der Waals surface area contributed by atoms with Crippen LogP contribution in [0.5, 0.6) is 11.5 Å². The summed E-state index contributed by atoms with van der Waals surface area (Å²) < 4.78 is 6.05. The number of ether oxygens (including phenoxy) is 1. The lowest BCUT2D eigenvalue weighted by atomic mass is 9.66. The quantitative estimate of drug-likeness (QED) is 0.502. The van der Waals surface area contributed by atoms with E-state index in [2.05, 4.69) is 72.5 Å². The molecule has 0 unspecified atom stereocenters. The highest BCUT2D eigenvalue weighted by Gasteiger charge is 2.35. The van der Waals surface area contributed by atoms with E-state index in [-0.39, 0.29) is 5.92 Å². The predicted molar refractivity (Wildman–Crippen MR) is 130 cm³/mol. The van der Waals surface area contributed by atoms with Crippen LogP contribution in [0.4, 0.5) is 0 Å². The first-order valence-electron chi connectivity index (χ1n) is 12.0. The molecule has 32 heavy (non-hydrogen) atoms. The average molecular weight is 428 g/mol. The van der Waals surface area contributed by atoms with Crippen LogP contribution >= 0.6 is 0 Å². The van der Waals surface area contributed by atoms with Crippen molar-refractivity contribution in [2.24, 2.45) is 0 Å². The van der Waals surface area contributed by atoms with Crippen molar-refractivity contribution >= 4 is 0 Å². The van der Waals surface area contributed by atoms with E-state index in [9.17, 15) is 5.11 Å². The number of hydrogen-bond donors (Lipinski definition) is 1. The zero-order valence-electron chi connectivity index (χ0n) is 18.9. The molecule has 0 spiro atoms. The number of hydrogen-bond acceptors (Lipinski definition) is 3. The zero-order chi connectivity index (χ0) is 21.9. The number of likely N-dealkylation sites (tertiary alicyclic amines) is 1. The van der Waals surface area contributed by atoms with Crippen LogP contribution in [0, 0.1) is 0 Å². The highest BCUT2D eigenvalue weighted by molar-refractivity contribution is 5.49. The maximum atomic E-state index is 10.1. The summed E-state index contributed by atoms with van der Waals surface area (Å²) in [5.74, 6) is 2.38. The number of fused-ring (bicyclic) bond motifs is 1. The van der Waals surface area contributed by atoms with Gasteiger partial charge in [0.2, 0.25) is 0 Å². The third-order valence-electron chi connectivity index (χ3n) is 7.29. The summed E-state index contributed by atoms with van der Waals surface area (Å²) in [6, 6.07) is 25.5. The third-order valence-corrected chi connectivity index (χ3v) is 7.29. The Bertz CT molecular complexity index is 1020. The Balaban J connectivity index is 1.41. The number of nitrogens with zero attached hydrogens (tertiary/aromatic N) is 1. The fraction of sp³-hybridized carbons (Fsp3) is 0.379. The number of phenols is 1. The molecule has 3 aromatic rings. The van der Waals surface area contributed by atoms with E-state index in [0.29, 0.717) is 17.6 Å². The van der Waals surface area contributed by atoms with E-state index in [1.54, 1.807) is 0 Å². The van der Waals surface area contributed by atoms with Crippen LogP contribution in [0.15, 0.2) is 72.8 Å². The first-order valence-corrected chi connectivity index (χ1v) is 12.0. The minimum Gasteiger partial charge on any atom is -0.508 e. The van der Waals surface area contributed by atoms with Crippen LogP contribution in [-0.4, -0.2) is 36.2 Å². The molecule has 166 valence electrons. The van der Waals surface area contributed by atoms with Crippen LogP contribution in [0.25, 0.3) is 0 Å². The standard InChI is InChI=1S/C29H33NO2/c1-21-19-28(22-7-3-2-4-8-22)29(26-14-11-24(31)20-27(21)26)23-9-12-25(13-10-23)32-18-17-30-15-5-6-16-30/h2-4,7-14,20-21,28-29,31H,5-6,15-19H2,1H3/t21-,28+,29+/m0/s1. The van der Waals surface area contributed by atoms with Gasteiger partial charge in [-0.15, -0.1) is 0 Å². The minimum absolute atomic E-state index is 0.267. The van der Waals surface area contributed by atoms with E-state index in [4.69, 9.17) is 4.74 Å². The van der Waals surface area contributed by atoms with Gasteiger partial charge in [0.15, 0.2) is 0 Å². The fourth-order valence-corrected chi connectivity index (χ4v) is 5.64. The molecule has 0 bridgehead atoms. The number of aromatic hydroxyl groups is 1. The molecule has 1 N–H and O–H groups in total. The van der Waals surface area contributed by atoms with Crippen molar-refractivity contribution in [3.63, 3.8) is 0 Å². The molecule has 5 rings (SSSR count). The van der Waals surface area contributed by atoms with Gasteiger partial charge in [-0.2, -0.15) is 0 Å². The van der Waals surface area contributed by atoms with Crippen molar-refractivity contribution in [2.75, 3.05) is 26.2 Å². The normalized spacial score (nSPS) is 23.1. The van der Waals surface area contributed by atoms with Crippen molar-refractivity contribution < 1.29 is 9.84 Å². The molecule has 1 fully saturated rings. The summed E-state index contributed by atoms with van der Waals surface area (Å²) in [4.78, 5) is 2.48. The summed E-state index contributed by atoms with van der Waals surface area (Å²) in [5, 5.41) is 10.1. The van der Waals surface area contributed by atoms with Crippen molar-refractivity contribution in [3.8, 4) is 11.5 Å². The van der Waals surface area contributed by atoms with Gasteiger partial charge < -0.3 is 9.84 Å². The van der Waals surface area contributed by atoms with Crippen LogP contribution in [0.2, 0.25) is 0 Å². The predicted octanol–water partition coefficient (Wildman–Crippen LogP) is 6.29. The molecule has 0 saturated carbocycles.